The number of carbonyl (C=O) groups is 1. The Labute approximate surface area is 94.4 Å². The lowest BCUT2D eigenvalue weighted by Crippen LogP contribution is -2.16. The Hall–Kier alpha value is -1.68. The molecule has 2 N–H and O–H groups in total. The summed E-state index contributed by atoms with van der Waals surface area (Å²) < 4.78 is 4.94. The highest BCUT2D eigenvalue weighted by molar-refractivity contribution is 6.35. The monoisotopic (exact) mass is 221 g/mol. The van der Waals surface area contributed by atoms with E-state index in [2.05, 4.69) is 0 Å². The third-order valence-corrected chi connectivity index (χ3v) is 2.04. The van der Waals surface area contributed by atoms with E-state index in [1.165, 1.54) is 0 Å². The van der Waals surface area contributed by atoms with Gasteiger partial charge in [0.1, 0.15) is 12.3 Å². The van der Waals surface area contributed by atoms with E-state index in [9.17, 15) is 4.79 Å². The van der Waals surface area contributed by atoms with Crippen molar-refractivity contribution < 1.29 is 14.6 Å². The quantitative estimate of drug-likeness (QED) is 0.565. The second-order valence-electron chi connectivity index (χ2n) is 3.37. The van der Waals surface area contributed by atoms with E-state index in [1.807, 2.05) is 30.3 Å². The molecular formula is C12H15NO3. The lowest BCUT2D eigenvalue weighted by Gasteiger charge is -2.05. The molecule has 0 aliphatic heterocycles. The average Bonchev–Trinajstić information content (AvgIpc) is 2.34. The molecule has 0 fully saturated rings. The number of carbonyl (C=O) groups excluding carboxylic acids is 1. The van der Waals surface area contributed by atoms with Gasteiger partial charge in [0, 0.05) is 6.61 Å². The van der Waals surface area contributed by atoms with Crippen LogP contribution >= 0.6 is 0 Å². The normalized spacial score (nSPS) is 9.81. The first kappa shape index (κ1) is 12.4. The maximum absolute atomic E-state index is 11.3. The van der Waals surface area contributed by atoms with Crippen LogP contribution < -0.4 is 0 Å². The zero-order valence-corrected chi connectivity index (χ0v) is 8.98. The van der Waals surface area contributed by atoms with Crippen LogP contribution in [0.25, 0.3) is 0 Å². The first-order valence-corrected chi connectivity index (χ1v) is 5.13. The summed E-state index contributed by atoms with van der Waals surface area (Å²) in [5.41, 5.74) is 0.802. The van der Waals surface area contributed by atoms with Gasteiger partial charge in [0.2, 0.25) is 0 Å². The average molecular weight is 221 g/mol. The third kappa shape index (κ3) is 4.23. The second kappa shape index (κ2) is 6.74. The number of rotatable bonds is 6. The highest BCUT2D eigenvalue weighted by atomic mass is 16.5. The molecule has 0 amide bonds. The summed E-state index contributed by atoms with van der Waals surface area (Å²) in [6, 6.07) is 9.31. The van der Waals surface area contributed by atoms with Gasteiger partial charge in [-0.05, 0) is 18.4 Å². The Morgan fingerprint density at radius 3 is 2.62 bits per heavy atom. The summed E-state index contributed by atoms with van der Waals surface area (Å²) in [6.45, 7) is 0.162. The number of nitrogens with one attached hydrogen (secondary N) is 1. The van der Waals surface area contributed by atoms with Gasteiger partial charge in [-0.1, -0.05) is 30.3 Å². The van der Waals surface area contributed by atoms with Crippen LogP contribution in [0.1, 0.15) is 18.4 Å². The van der Waals surface area contributed by atoms with E-state index in [1.54, 1.807) is 0 Å². The third-order valence-electron chi connectivity index (χ3n) is 2.04. The number of hydrogen-bond donors (Lipinski definition) is 2. The fourth-order valence-electron chi connectivity index (χ4n) is 1.17. The van der Waals surface area contributed by atoms with Crippen LogP contribution in [0.5, 0.6) is 0 Å². The molecule has 4 nitrogen and oxygen atoms in total. The molecule has 0 spiro atoms. The fourth-order valence-corrected chi connectivity index (χ4v) is 1.17. The first-order valence-electron chi connectivity index (χ1n) is 5.13. The molecular weight excluding hydrogens is 206 g/mol. The van der Waals surface area contributed by atoms with Gasteiger partial charge in [-0.3, -0.25) is 5.41 Å². The van der Waals surface area contributed by atoms with E-state index in [4.69, 9.17) is 15.3 Å². The Balaban J connectivity index is 2.32. The molecule has 0 unspecified atom stereocenters. The molecule has 0 heterocycles. The van der Waals surface area contributed by atoms with Crippen molar-refractivity contribution in [1.82, 2.24) is 0 Å². The van der Waals surface area contributed by atoms with Gasteiger partial charge < -0.3 is 9.84 Å². The number of ether oxygens (including phenoxy) is 1. The van der Waals surface area contributed by atoms with Crippen molar-refractivity contribution >= 4 is 11.7 Å². The van der Waals surface area contributed by atoms with Gasteiger partial charge in [0.05, 0.1) is 0 Å². The minimum Gasteiger partial charge on any atom is -0.456 e. The highest BCUT2D eigenvalue weighted by Gasteiger charge is 2.10. The van der Waals surface area contributed by atoms with Gasteiger partial charge in [0.15, 0.2) is 0 Å². The van der Waals surface area contributed by atoms with Gasteiger partial charge >= 0.3 is 5.97 Å². The Morgan fingerprint density at radius 1 is 1.31 bits per heavy atom. The molecule has 0 radical (unpaired) electrons. The van der Waals surface area contributed by atoms with Gasteiger partial charge in [0.25, 0.3) is 0 Å². The van der Waals surface area contributed by atoms with Crippen LogP contribution in [0.2, 0.25) is 0 Å². The Bertz CT molecular complexity index is 349. The summed E-state index contributed by atoms with van der Waals surface area (Å²) in [5, 5.41) is 15.9. The van der Waals surface area contributed by atoms with Crippen LogP contribution in [-0.2, 0) is 16.1 Å². The van der Waals surface area contributed by atoms with Crippen molar-refractivity contribution in [2.75, 3.05) is 6.61 Å². The second-order valence-corrected chi connectivity index (χ2v) is 3.37. The van der Waals surface area contributed by atoms with E-state index in [0.29, 0.717) is 6.42 Å². The van der Waals surface area contributed by atoms with Crippen molar-refractivity contribution in [3.05, 3.63) is 35.9 Å². The highest BCUT2D eigenvalue weighted by Crippen LogP contribution is 2.02. The predicted molar refractivity (Wildman–Crippen MR) is 60.3 cm³/mol. The van der Waals surface area contributed by atoms with E-state index < -0.39 is 5.97 Å². The van der Waals surface area contributed by atoms with Gasteiger partial charge in [-0.25, -0.2) is 4.79 Å². The summed E-state index contributed by atoms with van der Waals surface area (Å²) in [6.07, 6.45) is 0.670. The van der Waals surface area contributed by atoms with Crippen molar-refractivity contribution in [1.29, 1.82) is 5.41 Å². The standard InChI is InChI=1S/C12H15NO3/c13-11(7-4-8-14)12(15)16-9-10-5-2-1-3-6-10/h1-3,5-6,13-14H,4,7-9H2. The lowest BCUT2D eigenvalue weighted by atomic mass is 10.2. The van der Waals surface area contributed by atoms with E-state index in [-0.39, 0.29) is 25.3 Å². The van der Waals surface area contributed by atoms with Crippen molar-refractivity contribution in [3.8, 4) is 0 Å². The molecule has 1 aromatic carbocycles. The lowest BCUT2D eigenvalue weighted by molar-refractivity contribution is -0.137. The maximum Gasteiger partial charge on any atom is 0.352 e. The number of esters is 1. The molecule has 0 saturated carbocycles. The molecule has 0 aliphatic carbocycles. The number of aliphatic hydroxyl groups is 1. The maximum atomic E-state index is 11.3. The van der Waals surface area contributed by atoms with E-state index in [0.717, 1.165) is 5.56 Å². The van der Waals surface area contributed by atoms with Crippen LogP contribution in [0.4, 0.5) is 0 Å². The fraction of sp³-hybridized carbons (Fsp3) is 0.333. The zero-order valence-electron chi connectivity index (χ0n) is 8.98. The molecule has 86 valence electrons. The first-order chi connectivity index (χ1) is 7.74. The topological polar surface area (TPSA) is 70.4 Å². The van der Waals surface area contributed by atoms with Crippen molar-refractivity contribution in [2.24, 2.45) is 0 Å². The smallest absolute Gasteiger partial charge is 0.352 e. The van der Waals surface area contributed by atoms with Gasteiger partial charge in [-0.2, -0.15) is 0 Å². The van der Waals surface area contributed by atoms with Crippen LogP contribution in [-0.4, -0.2) is 23.4 Å². The molecule has 0 aromatic heterocycles. The van der Waals surface area contributed by atoms with Crippen LogP contribution in [0.3, 0.4) is 0 Å². The Kier molecular flexibility index (Phi) is 5.22. The summed E-state index contributed by atoms with van der Waals surface area (Å²) >= 11 is 0. The number of benzene rings is 1. The van der Waals surface area contributed by atoms with Gasteiger partial charge in [-0.15, -0.1) is 0 Å². The molecule has 4 heteroatoms. The zero-order chi connectivity index (χ0) is 11.8. The molecule has 0 saturated heterocycles. The molecule has 1 aromatic rings. The Morgan fingerprint density at radius 2 is 2.00 bits per heavy atom. The summed E-state index contributed by atoms with van der Waals surface area (Å²) in [5.74, 6) is -0.614. The molecule has 0 bridgehead atoms. The number of aliphatic hydroxyl groups excluding tert-OH is 1. The molecule has 0 atom stereocenters. The minimum atomic E-state index is -0.614. The minimum absolute atomic E-state index is 0.0195. The summed E-state index contributed by atoms with van der Waals surface area (Å²) in [4.78, 5) is 11.3. The number of hydrogen-bond acceptors (Lipinski definition) is 4. The SMILES string of the molecule is N=C(CCCO)C(=O)OCc1ccccc1. The molecule has 16 heavy (non-hydrogen) atoms. The molecule has 1 rings (SSSR count). The largest absolute Gasteiger partial charge is 0.456 e. The molecule has 0 aliphatic rings. The summed E-state index contributed by atoms with van der Waals surface area (Å²) in [7, 11) is 0. The predicted octanol–water partition coefficient (Wildman–Crippen LogP) is 1.52. The van der Waals surface area contributed by atoms with Crippen LogP contribution in [0, 0.1) is 5.41 Å². The van der Waals surface area contributed by atoms with E-state index >= 15 is 0 Å². The van der Waals surface area contributed by atoms with Crippen molar-refractivity contribution in [3.63, 3.8) is 0 Å². The van der Waals surface area contributed by atoms with Crippen LogP contribution in [0.15, 0.2) is 30.3 Å². The van der Waals surface area contributed by atoms with Crippen molar-refractivity contribution in [2.45, 2.75) is 19.4 Å².